The summed E-state index contributed by atoms with van der Waals surface area (Å²) in [7, 11) is 0. The average Bonchev–Trinajstić information content (AvgIpc) is 3.13. The molecule has 9 heteroatoms. The number of carbonyl (C=O) groups is 2. The van der Waals surface area contributed by atoms with Gasteiger partial charge < -0.3 is 19.8 Å². The van der Waals surface area contributed by atoms with Crippen molar-refractivity contribution in [2.45, 2.75) is 6.92 Å². The summed E-state index contributed by atoms with van der Waals surface area (Å²) in [5.74, 6) is -2.67. The lowest BCUT2D eigenvalue weighted by Crippen LogP contribution is -2.25. The van der Waals surface area contributed by atoms with Gasteiger partial charge in [0.05, 0.1) is 17.2 Å². The highest BCUT2D eigenvalue weighted by atomic mass is 19.1. The van der Waals surface area contributed by atoms with Crippen LogP contribution in [0.4, 0.5) is 10.1 Å². The monoisotopic (exact) mass is 364 g/mol. The Labute approximate surface area is 152 Å². The summed E-state index contributed by atoms with van der Waals surface area (Å²) in [5, 5.41) is 30.1. The van der Waals surface area contributed by atoms with Crippen molar-refractivity contribution in [1.82, 2.24) is 14.8 Å². The number of carboxylic acids is 1. The first kappa shape index (κ1) is 17.8. The van der Waals surface area contributed by atoms with Gasteiger partial charge >= 0.3 is 0 Å². The maximum absolute atomic E-state index is 13.6. The lowest BCUT2D eigenvalue weighted by atomic mass is 10.1. The van der Waals surface area contributed by atoms with Crippen molar-refractivity contribution < 1.29 is 19.1 Å². The van der Waals surface area contributed by atoms with Gasteiger partial charge in [0, 0.05) is 18.0 Å². The zero-order chi connectivity index (χ0) is 19.6. The molecule has 27 heavy (non-hydrogen) atoms. The van der Waals surface area contributed by atoms with E-state index < -0.39 is 23.3 Å². The molecule has 8 nitrogen and oxygen atoms in total. The van der Waals surface area contributed by atoms with Crippen molar-refractivity contribution in [2.75, 3.05) is 5.32 Å². The quantitative estimate of drug-likeness (QED) is 0.742. The maximum Gasteiger partial charge on any atom is 0.276 e. The third kappa shape index (κ3) is 3.64. The predicted octanol–water partition coefficient (Wildman–Crippen LogP) is 1.20. The van der Waals surface area contributed by atoms with Gasteiger partial charge in [-0.05, 0) is 42.8 Å². The number of carboxylic acid groups (broad SMARTS) is 1. The Morgan fingerprint density at radius 2 is 2.04 bits per heavy atom. The molecule has 3 rings (SSSR count). The van der Waals surface area contributed by atoms with Crippen LogP contribution in [0.5, 0.6) is 0 Å². The fourth-order valence-electron chi connectivity index (χ4n) is 2.33. The second-order valence-electron chi connectivity index (χ2n) is 5.58. The van der Waals surface area contributed by atoms with Gasteiger partial charge in [-0.15, -0.1) is 10.2 Å². The van der Waals surface area contributed by atoms with E-state index in [-0.39, 0.29) is 16.9 Å². The molecule has 0 aliphatic rings. The number of carbonyl (C=O) groups excluding carboxylic acids is 2. The summed E-state index contributed by atoms with van der Waals surface area (Å²) in [5.41, 5.74) is -0.0447. The summed E-state index contributed by atoms with van der Waals surface area (Å²) < 4.78 is 15.1. The van der Waals surface area contributed by atoms with E-state index in [1.807, 2.05) is 6.07 Å². The number of anilines is 1. The number of nitrogens with zero attached hydrogens (tertiary/aromatic N) is 4. The first-order valence-electron chi connectivity index (χ1n) is 7.64. The van der Waals surface area contributed by atoms with E-state index in [0.717, 1.165) is 6.07 Å². The molecule has 0 fully saturated rings. The van der Waals surface area contributed by atoms with E-state index >= 15 is 0 Å². The topological polar surface area (TPSA) is 124 Å². The number of aryl methyl sites for hydroxylation is 1. The Morgan fingerprint density at radius 1 is 1.26 bits per heavy atom. The average molecular weight is 364 g/mol. The van der Waals surface area contributed by atoms with E-state index in [4.69, 9.17) is 5.26 Å². The van der Waals surface area contributed by atoms with Gasteiger partial charge in [0.25, 0.3) is 5.91 Å². The second-order valence-corrected chi connectivity index (χ2v) is 5.58. The number of aromatic nitrogens is 3. The minimum absolute atomic E-state index is 0.0716. The highest BCUT2D eigenvalue weighted by Gasteiger charge is 2.14. The van der Waals surface area contributed by atoms with Crippen LogP contribution in [0.3, 0.4) is 0 Å². The van der Waals surface area contributed by atoms with Crippen molar-refractivity contribution in [1.29, 1.82) is 5.26 Å². The zero-order valence-corrected chi connectivity index (χ0v) is 13.9. The smallest absolute Gasteiger partial charge is 0.276 e. The lowest BCUT2D eigenvalue weighted by Gasteiger charge is -2.13. The number of benzene rings is 1. The van der Waals surface area contributed by atoms with Crippen LogP contribution in [0, 0.1) is 24.1 Å². The van der Waals surface area contributed by atoms with Crippen molar-refractivity contribution in [3.63, 3.8) is 0 Å². The van der Waals surface area contributed by atoms with Gasteiger partial charge in [-0.2, -0.15) is 5.26 Å². The number of nitrogens with one attached hydrogen (secondary N) is 1. The maximum atomic E-state index is 13.6. The molecule has 0 saturated heterocycles. The number of rotatable bonds is 4. The lowest BCUT2D eigenvalue weighted by molar-refractivity contribution is -0.254. The molecule has 0 spiro atoms. The van der Waals surface area contributed by atoms with E-state index in [0.29, 0.717) is 11.4 Å². The van der Waals surface area contributed by atoms with Crippen LogP contribution in [0.1, 0.15) is 32.0 Å². The largest absolute Gasteiger partial charge is 0.545 e. The van der Waals surface area contributed by atoms with Gasteiger partial charge in [0.15, 0.2) is 11.5 Å². The van der Waals surface area contributed by atoms with Gasteiger partial charge in [-0.3, -0.25) is 4.79 Å². The zero-order valence-electron chi connectivity index (χ0n) is 13.9. The standard InChI is InChI=1S/C18H12FN5O3/c1-10-6-15(12(18(26)27)7-13(10)19)21-17(25)14-2-3-16(23-22-14)24-5-4-11(8-20)9-24/h2-7,9H,1H3,(H,21,25)(H,26,27)/p-1. The first-order chi connectivity index (χ1) is 12.9. The van der Waals surface area contributed by atoms with Gasteiger partial charge in [0.1, 0.15) is 11.9 Å². The minimum Gasteiger partial charge on any atom is -0.545 e. The number of hydrogen-bond acceptors (Lipinski definition) is 6. The van der Waals surface area contributed by atoms with Gasteiger partial charge in [0.2, 0.25) is 0 Å². The van der Waals surface area contributed by atoms with E-state index in [9.17, 15) is 19.1 Å². The van der Waals surface area contributed by atoms with Crippen LogP contribution in [0.25, 0.3) is 5.82 Å². The molecule has 0 radical (unpaired) electrons. The molecule has 1 N–H and O–H groups in total. The molecule has 0 saturated carbocycles. The third-order valence-corrected chi connectivity index (χ3v) is 3.74. The predicted molar refractivity (Wildman–Crippen MR) is 89.5 cm³/mol. The van der Waals surface area contributed by atoms with Crippen LogP contribution in [-0.4, -0.2) is 26.6 Å². The van der Waals surface area contributed by atoms with Crippen LogP contribution in [0.2, 0.25) is 0 Å². The highest BCUT2D eigenvalue weighted by Crippen LogP contribution is 2.21. The molecule has 1 amide bonds. The van der Waals surface area contributed by atoms with Crippen molar-refractivity contribution in [3.05, 3.63) is 70.9 Å². The van der Waals surface area contributed by atoms with Crippen molar-refractivity contribution in [3.8, 4) is 11.9 Å². The summed E-state index contributed by atoms with van der Waals surface area (Å²) in [6.07, 6.45) is 3.17. The minimum atomic E-state index is -1.62. The molecule has 0 aliphatic heterocycles. The van der Waals surface area contributed by atoms with Crippen molar-refractivity contribution in [2.24, 2.45) is 0 Å². The SMILES string of the molecule is Cc1cc(NC(=O)c2ccc(-n3ccc(C#N)c3)nn2)c(C(=O)[O-])cc1F. The van der Waals surface area contributed by atoms with Crippen LogP contribution >= 0.6 is 0 Å². The molecule has 0 unspecified atom stereocenters. The van der Waals surface area contributed by atoms with Crippen molar-refractivity contribution >= 4 is 17.6 Å². The van der Waals surface area contributed by atoms with Crippen LogP contribution in [0.15, 0.2) is 42.7 Å². The summed E-state index contributed by atoms with van der Waals surface area (Å²) in [6.45, 7) is 1.44. The molecule has 134 valence electrons. The second kappa shape index (κ2) is 7.05. The molecule has 1 aromatic carbocycles. The molecule has 3 aromatic rings. The van der Waals surface area contributed by atoms with E-state index in [2.05, 4.69) is 15.5 Å². The highest BCUT2D eigenvalue weighted by molar-refractivity contribution is 6.06. The van der Waals surface area contributed by atoms with Gasteiger partial charge in [-0.25, -0.2) is 4.39 Å². The Balaban J connectivity index is 1.84. The van der Waals surface area contributed by atoms with Crippen LogP contribution in [-0.2, 0) is 0 Å². The Bertz CT molecular complexity index is 1080. The van der Waals surface area contributed by atoms with Gasteiger partial charge in [-0.1, -0.05) is 0 Å². The Hall–Kier alpha value is -4.06. The first-order valence-corrected chi connectivity index (χ1v) is 7.64. The molecule has 0 atom stereocenters. The third-order valence-electron chi connectivity index (χ3n) is 3.74. The molecule has 0 aliphatic carbocycles. The summed E-state index contributed by atoms with van der Waals surface area (Å²) in [4.78, 5) is 23.5. The molecule has 2 heterocycles. The molecule has 0 bridgehead atoms. The van der Waals surface area contributed by atoms with Crippen LogP contribution < -0.4 is 10.4 Å². The Kier molecular flexibility index (Phi) is 4.64. The summed E-state index contributed by atoms with van der Waals surface area (Å²) in [6, 6.07) is 8.47. The number of amides is 1. The van der Waals surface area contributed by atoms with E-state index in [1.165, 1.54) is 25.1 Å². The summed E-state index contributed by atoms with van der Waals surface area (Å²) >= 11 is 0. The van der Waals surface area contributed by atoms with E-state index in [1.54, 1.807) is 23.0 Å². The number of halogens is 1. The normalized spacial score (nSPS) is 10.3. The number of hydrogen-bond donors (Lipinski definition) is 1. The fraction of sp³-hybridized carbons (Fsp3) is 0.0556. The molecule has 2 aromatic heterocycles. The number of aromatic carboxylic acids is 1. The fourth-order valence-corrected chi connectivity index (χ4v) is 2.33. The number of nitriles is 1. The molecular formula is C18H11FN5O3-. The molecular weight excluding hydrogens is 353 g/mol. The Morgan fingerprint density at radius 3 is 2.63 bits per heavy atom.